The van der Waals surface area contributed by atoms with Crippen LogP contribution in [0.25, 0.3) is 0 Å². The SMILES string of the molecule is Cc1cc(C(=O)NC(C)c2ccc(C)o2)on1. The van der Waals surface area contributed by atoms with Crippen molar-refractivity contribution in [3.63, 3.8) is 0 Å². The first-order valence-corrected chi connectivity index (χ1v) is 5.37. The minimum absolute atomic E-state index is 0.206. The molecule has 0 spiro atoms. The number of rotatable bonds is 3. The van der Waals surface area contributed by atoms with Gasteiger partial charge in [-0.05, 0) is 32.9 Å². The second-order valence-electron chi connectivity index (χ2n) is 3.98. The average Bonchev–Trinajstić information content (AvgIpc) is 2.87. The van der Waals surface area contributed by atoms with Gasteiger partial charge in [0.25, 0.3) is 5.91 Å². The summed E-state index contributed by atoms with van der Waals surface area (Å²) in [6.07, 6.45) is 0. The Labute approximate surface area is 98.8 Å². The zero-order valence-electron chi connectivity index (χ0n) is 9.98. The van der Waals surface area contributed by atoms with Gasteiger partial charge in [0, 0.05) is 6.07 Å². The molecule has 0 saturated carbocycles. The molecule has 0 aliphatic heterocycles. The van der Waals surface area contributed by atoms with Crippen LogP contribution in [-0.2, 0) is 0 Å². The van der Waals surface area contributed by atoms with Crippen molar-refractivity contribution in [2.75, 3.05) is 0 Å². The molecule has 2 heterocycles. The normalized spacial score (nSPS) is 12.4. The van der Waals surface area contributed by atoms with E-state index in [9.17, 15) is 4.79 Å². The van der Waals surface area contributed by atoms with E-state index in [2.05, 4.69) is 10.5 Å². The molecule has 0 aromatic carbocycles. The van der Waals surface area contributed by atoms with Gasteiger partial charge in [0.2, 0.25) is 5.76 Å². The van der Waals surface area contributed by atoms with Crippen molar-refractivity contribution in [3.8, 4) is 0 Å². The Morgan fingerprint density at radius 2 is 2.18 bits per heavy atom. The van der Waals surface area contributed by atoms with Crippen molar-refractivity contribution in [2.45, 2.75) is 26.8 Å². The summed E-state index contributed by atoms with van der Waals surface area (Å²) >= 11 is 0. The van der Waals surface area contributed by atoms with Gasteiger partial charge in [-0.1, -0.05) is 5.16 Å². The van der Waals surface area contributed by atoms with E-state index in [0.717, 1.165) is 5.76 Å². The van der Waals surface area contributed by atoms with Gasteiger partial charge in [-0.3, -0.25) is 4.79 Å². The first-order chi connectivity index (χ1) is 8.06. The molecule has 90 valence electrons. The van der Waals surface area contributed by atoms with Crippen LogP contribution in [-0.4, -0.2) is 11.1 Å². The molecule has 1 N–H and O–H groups in total. The van der Waals surface area contributed by atoms with Crippen LogP contribution >= 0.6 is 0 Å². The van der Waals surface area contributed by atoms with E-state index in [0.29, 0.717) is 11.5 Å². The predicted molar refractivity (Wildman–Crippen MR) is 60.6 cm³/mol. The Morgan fingerprint density at radius 1 is 1.41 bits per heavy atom. The maximum absolute atomic E-state index is 11.8. The Hall–Kier alpha value is -2.04. The summed E-state index contributed by atoms with van der Waals surface area (Å²) < 4.78 is 10.3. The molecular formula is C12H14N2O3. The Kier molecular flexibility index (Phi) is 2.99. The number of aromatic nitrogens is 1. The molecule has 2 aromatic heterocycles. The Morgan fingerprint density at radius 3 is 2.71 bits per heavy atom. The molecule has 0 radical (unpaired) electrons. The molecule has 0 bridgehead atoms. The Balaban J connectivity index is 2.04. The maximum Gasteiger partial charge on any atom is 0.290 e. The highest BCUT2D eigenvalue weighted by atomic mass is 16.5. The van der Waals surface area contributed by atoms with Crippen molar-refractivity contribution < 1.29 is 13.7 Å². The van der Waals surface area contributed by atoms with Crippen LogP contribution in [0.1, 0.15) is 40.7 Å². The zero-order valence-corrected chi connectivity index (χ0v) is 9.98. The summed E-state index contributed by atoms with van der Waals surface area (Å²) in [4.78, 5) is 11.8. The molecule has 1 atom stereocenters. The lowest BCUT2D eigenvalue weighted by Gasteiger charge is -2.09. The highest BCUT2D eigenvalue weighted by Crippen LogP contribution is 2.16. The summed E-state index contributed by atoms with van der Waals surface area (Å²) in [5.41, 5.74) is 0.677. The molecule has 1 amide bonds. The standard InChI is InChI=1S/C12H14N2O3/c1-7-6-11(17-14-7)12(15)13-9(3)10-5-4-8(2)16-10/h4-6,9H,1-3H3,(H,13,15). The van der Waals surface area contributed by atoms with E-state index < -0.39 is 0 Å². The molecule has 1 unspecified atom stereocenters. The third kappa shape index (κ3) is 2.55. The van der Waals surface area contributed by atoms with Crippen LogP contribution in [0.5, 0.6) is 0 Å². The second kappa shape index (κ2) is 4.45. The Bertz CT molecular complexity index is 527. The number of carbonyl (C=O) groups excluding carboxylic acids is 1. The molecule has 5 nitrogen and oxygen atoms in total. The van der Waals surface area contributed by atoms with Gasteiger partial charge in [0.1, 0.15) is 11.5 Å². The average molecular weight is 234 g/mol. The van der Waals surface area contributed by atoms with Gasteiger partial charge in [0.05, 0.1) is 11.7 Å². The monoisotopic (exact) mass is 234 g/mol. The third-order valence-corrected chi connectivity index (χ3v) is 2.39. The van der Waals surface area contributed by atoms with Crippen LogP contribution in [0.3, 0.4) is 0 Å². The lowest BCUT2D eigenvalue weighted by molar-refractivity contribution is 0.0897. The summed E-state index contributed by atoms with van der Waals surface area (Å²) in [5, 5.41) is 6.44. The lowest BCUT2D eigenvalue weighted by atomic mass is 10.2. The number of nitrogens with one attached hydrogen (secondary N) is 1. The minimum atomic E-state index is -0.299. The molecule has 5 heteroatoms. The quantitative estimate of drug-likeness (QED) is 0.885. The number of nitrogens with zero attached hydrogens (tertiary/aromatic N) is 1. The third-order valence-electron chi connectivity index (χ3n) is 2.39. The molecule has 17 heavy (non-hydrogen) atoms. The van der Waals surface area contributed by atoms with Crippen LogP contribution < -0.4 is 5.32 Å². The molecular weight excluding hydrogens is 220 g/mol. The van der Waals surface area contributed by atoms with E-state index in [1.54, 1.807) is 13.0 Å². The fraction of sp³-hybridized carbons (Fsp3) is 0.333. The number of amides is 1. The molecule has 2 rings (SSSR count). The first kappa shape index (κ1) is 11.4. The zero-order chi connectivity index (χ0) is 12.4. The number of hydrogen-bond donors (Lipinski definition) is 1. The van der Waals surface area contributed by atoms with E-state index >= 15 is 0 Å². The molecule has 0 aliphatic rings. The van der Waals surface area contributed by atoms with E-state index in [1.165, 1.54) is 0 Å². The second-order valence-corrected chi connectivity index (χ2v) is 3.98. The van der Waals surface area contributed by atoms with Crippen molar-refractivity contribution >= 4 is 5.91 Å². The number of furan rings is 1. The minimum Gasteiger partial charge on any atom is -0.464 e. The van der Waals surface area contributed by atoms with Gasteiger partial charge in [-0.25, -0.2) is 0 Å². The molecule has 0 saturated heterocycles. The summed E-state index contributed by atoms with van der Waals surface area (Å²) in [7, 11) is 0. The lowest BCUT2D eigenvalue weighted by Crippen LogP contribution is -2.25. The summed E-state index contributed by atoms with van der Waals surface area (Å²) in [6, 6.07) is 5.08. The summed E-state index contributed by atoms with van der Waals surface area (Å²) in [6.45, 7) is 5.47. The first-order valence-electron chi connectivity index (χ1n) is 5.37. The smallest absolute Gasteiger partial charge is 0.290 e. The van der Waals surface area contributed by atoms with Gasteiger partial charge in [-0.15, -0.1) is 0 Å². The molecule has 0 fully saturated rings. The number of aryl methyl sites for hydroxylation is 2. The number of carbonyl (C=O) groups is 1. The van der Waals surface area contributed by atoms with Gasteiger partial charge >= 0.3 is 0 Å². The van der Waals surface area contributed by atoms with Crippen molar-refractivity contribution in [2.24, 2.45) is 0 Å². The fourth-order valence-electron chi connectivity index (χ4n) is 1.50. The van der Waals surface area contributed by atoms with Crippen LogP contribution in [0.15, 0.2) is 27.1 Å². The molecule has 0 aliphatic carbocycles. The molecule has 2 aromatic rings. The maximum atomic E-state index is 11.8. The van der Waals surface area contributed by atoms with Crippen LogP contribution in [0.2, 0.25) is 0 Å². The van der Waals surface area contributed by atoms with Crippen LogP contribution in [0.4, 0.5) is 0 Å². The highest BCUT2D eigenvalue weighted by molar-refractivity contribution is 5.91. The predicted octanol–water partition coefficient (Wildman–Crippen LogP) is 2.38. The van der Waals surface area contributed by atoms with Crippen molar-refractivity contribution in [3.05, 3.63) is 41.2 Å². The topological polar surface area (TPSA) is 68.3 Å². The highest BCUT2D eigenvalue weighted by Gasteiger charge is 2.17. The van der Waals surface area contributed by atoms with E-state index in [-0.39, 0.29) is 17.7 Å². The van der Waals surface area contributed by atoms with Crippen molar-refractivity contribution in [1.82, 2.24) is 10.5 Å². The van der Waals surface area contributed by atoms with E-state index in [1.807, 2.05) is 26.0 Å². The fourth-order valence-corrected chi connectivity index (χ4v) is 1.50. The van der Waals surface area contributed by atoms with Gasteiger partial charge in [0.15, 0.2) is 0 Å². The summed E-state index contributed by atoms with van der Waals surface area (Å²) in [5.74, 6) is 1.44. The largest absolute Gasteiger partial charge is 0.464 e. The van der Waals surface area contributed by atoms with Crippen LogP contribution in [0, 0.1) is 13.8 Å². The van der Waals surface area contributed by atoms with E-state index in [4.69, 9.17) is 8.94 Å². The van der Waals surface area contributed by atoms with Gasteiger partial charge in [-0.2, -0.15) is 0 Å². The van der Waals surface area contributed by atoms with Crippen molar-refractivity contribution in [1.29, 1.82) is 0 Å². The van der Waals surface area contributed by atoms with Gasteiger partial charge < -0.3 is 14.3 Å². The number of hydrogen-bond acceptors (Lipinski definition) is 4.